The maximum Gasteiger partial charge on any atom is 0.161 e. The topological polar surface area (TPSA) is 65.6 Å². The minimum absolute atomic E-state index is 0.171. The van der Waals surface area contributed by atoms with E-state index in [1.165, 1.54) is 0 Å². The van der Waals surface area contributed by atoms with Crippen molar-refractivity contribution in [2.45, 2.75) is 18.9 Å². The molecule has 0 amide bonds. The van der Waals surface area contributed by atoms with E-state index >= 15 is 0 Å². The molecule has 1 fully saturated rings. The highest BCUT2D eigenvalue weighted by molar-refractivity contribution is 5.81. The molecule has 0 aliphatic carbocycles. The van der Waals surface area contributed by atoms with Crippen LogP contribution < -0.4 is 14.2 Å². The summed E-state index contributed by atoms with van der Waals surface area (Å²) in [7, 11) is 3.29. The van der Waals surface area contributed by atoms with Gasteiger partial charge in [0.05, 0.1) is 31.4 Å². The molecule has 6 heteroatoms. The molecule has 4 rings (SSSR count). The smallest absolute Gasteiger partial charge is 0.161 e. The number of H-pyrrole nitrogens is 1. The molecule has 1 aromatic heterocycles. The molecule has 1 atom stereocenters. The van der Waals surface area contributed by atoms with Gasteiger partial charge in [0, 0.05) is 18.2 Å². The number of methoxy groups -OCH3 is 2. The van der Waals surface area contributed by atoms with Crippen LogP contribution in [0.2, 0.25) is 0 Å². The van der Waals surface area contributed by atoms with Crippen molar-refractivity contribution in [2.24, 2.45) is 0 Å². The van der Waals surface area contributed by atoms with E-state index in [4.69, 9.17) is 18.9 Å². The third-order valence-corrected chi connectivity index (χ3v) is 4.57. The molecular weight excluding hydrogens is 332 g/mol. The van der Waals surface area contributed by atoms with Gasteiger partial charge in [-0.2, -0.15) is 0 Å². The van der Waals surface area contributed by atoms with E-state index < -0.39 is 0 Å². The first-order valence-electron chi connectivity index (χ1n) is 8.73. The normalized spacial score (nSPS) is 16.8. The minimum Gasteiger partial charge on any atom is -0.497 e. The standard InChI is InChI=1S/C20H22N2O4/c1-23-14-6-7-16-17(11-14)22-20(21-16)13-5-8-18(19(10-13)24-2)26-12-15-4-3-9-25-15/h5-8,10-11,15H,3-4,9,12H2,1-2H3,(H,21,22). The molecule has 1 N–H and O–H groups in total. The fourth-order valence-corrected chi connectivity index (χ4v) is 3.15. The number of benzene rings is 2. The van der Waals surface area contributed by atoms with Crippen molar-refractivity contribution in [1.82, 2.24) is 9.97 Å². The Hall–Kier alpha value is -2.73. The number of aromatic nitrogens is 2. The Morgan fingerprint density at radius 2 is 2.04 bits per heavy atom. The number of rotatable bonds is 6. The number of nitrogens with one attached hydrogen (secondary N) is 1. The van der Waals surface area contributed by atoms with Gasteiger partial charge in [0.1, 0.15) is 18.2 Å². The molecule has 3 aromatic rings. The molecule has 0 bridgehead atoms. The summed E-state index contributed by atoms with van der Waals surface area (Å²) in [6.45, 7) is 1.36. The molecule has 0 saturated carbocycles. The van der Waals surface area contributed by atoms with E-state index in [1.54, 1.807) is 14.2 Å². The van der Waals surface area contributed by atoms with Crippen LogP contribution >= 0.6 is 0 Å². The predicted octanol–water partition coefficient (Wildman–Crippen LogP) is 3.80. The zero-order valence-electron chi connectivity index (χ0n) is 15.0. The number of aromatic amines is 1. The SMILES string of the molecule is COc1ccc2nc(-c3ccc(OCC4CCCO4)c(OC)c3)[nH]c2c1. The van der Waals surface area contributed by atoms with E-state index in [2.05, 4.69) is 9.97 Å². The summed E-state index contributed by atoms with van der Waals surface area (Å²) >= 11 is 0. The zero-order valence-corrected chi connectivity index (χ0v) is 15.0. The highest BCUT2D eigenvalue weighted by Gasteiger charge is 2.17. The second-order valence-electron chi connectivity index (χ2n) is 6.28. The lowest BCUT2D eigenvalue weighted by Crippen LogP contribution is -2.16. The average molecular weight is 354 g/mol. The van der Waals surface area contributed by atoms with Crippen molar-refractivity contribution in [3.63, 3.8) is 0 Å². The first kappa shape index (κ1) is 16.7. The molecular formula is C20H22N2O4. The predicted molar refractivity (Wildman–Crippen MR) is 99.1 cm³/mol. The van der Waals surface area contributed by atoms with Gasteiger partial charge in [0.25, 0.3) is 0 Å². The molecule has 26 heavy (non-hydrogen) atoms. The second-order valence-corrected chi connectivity index (χ2v) is 6.28. The molecule has 0 spiro atoms. The van der Waals surface area contributed by atoms with Gasteiger partial charge in [0.15, 0.2) is 11.5 Å². The van der Waals surface area contributed by atoms with Gasteiger partial charge < -0.3 is 23.9 Å². The highest BCUT2D eigenvalue weighted by atomic mass is 16.5. The summed E-state index contributed by atoms with van der Waals surface area (Å²) in [5.74, 6) is 2.96. The van der Waals surface area contributed by atoms with Gasteiger partial charge in [-0.05, 0) is 43.2 Å². The maximum atomic E-state index is 5.89. The van der Waals surface area contributed by atoms with Gasteiger partial charge in [-0.3, -0.25) is 0 Å². The monoisotopic (exact) mass is 354 g/mol. The van der Waals surface area contributed by atoms with Crippen molar-refractivity contribution in [3.8, 4) is 28.6 Å². The van der Waals surface area contributed by atoms with Crippen LogP contribution in [0.15, 0.2) is 36.4 Å². The zero-order chi connectivity index (χ0) is 17.9. The van der Waals surface area contributed by atoms with Crippen LogP contribution in [0.4, 0.5) is 0 Å². The minimum atomic E-state index is 0.171. The number of hydrogen-bond donors (Lipinski definition) is 1. The van der Waals surface area contributed by atoms with E-state index in [0.717, 1.165) is 47.6 Å². The Morgan fingerprint density at radius 3 is 2.81 bits per heavy atom. The lowest BCUT2D eigenvalue weighted by Gasteiger charge is -2.14. The van der Waals surface area contributed by atoms with Crippen LogP contribution in [-0.2, 0) is 4.74 Å². The van der Waals surface area contributed by atoms with Gasteiger partial charge >= 0.3 is 0 Å². The molecule has 2 aromatic carbocycles. The molecule has 1 aliphatic heterocycles. The van der Waals surface area contributed by atoms with Gasteiger partial charge in [-0.15, -0.1) is 0 Å². The summed E-state index contributed by atoms with van der Waals surface area (Å²) in [6, 6.07) is 11.6. The number of imidazole rings is 1. The van der Waals surface area contributed by atoms with Gasteiger partial charge in [0.2, 0.25) is 0 Å². The van der Waals surface area contributed by atoms with Gasteiger partial charge in [-0.1, -0.05) is 0 Å². The highest BCUT2D eigenvalue weighted by Crippen LogP contribution is 2.33. The number of nitrogens with zero attached hydrogens (tertiary/aromatic N) is 1. The average Bonchev–Trinajstić information content (AvgIpc) is 3.35. The van der Waals surface area contributed by atoms with Crippen molar-refractivity contribution in [2.75, 3.05) is 27.4 Å². The summed E-state index contributed by atoms with van der Waals surface area (Å²) < 4.78 is 22.3. The van der Waals surface area contributed by atoms with Crippen molar-refractivity contribution < 1.29 is 18.9 Å². The molecule has 6 nitrogen and oxygen atoms in total. The van der Waals surface area contributed by atoms with E-state index in [0.29, 0.717) is 18.1 Å². The quantitative estimate of drug-likeness (QED) is 0.729. The van der Waals surface area contributed by atoms with Crippen LogP contribution in [0.3, 0.4) is 0 Å². The van der Waals surface area contributed by atoms with Crippen LogP contribution in [0.1, 0.15) is 12.8 Å². The van der Waals surface area contributed by atoms with Crippen LogP contribution in [-0.4, -0.2) is 43.5 Å². The van der Waals surface area contributed by atoms with Crippen LogP contribution in [0, 0.1) is 0 Å². The molecule has 1 unspecified atom stereocenters. The third-order valence-electron chi connectivity index (χ3n) is 4.57. The molecule has 136 valence electrons. The Kier molecular flexibility index (Phi) is 4.67. The Labute approximate surface area is 152 Å². The first-order valence-corrected chi connectivity index (χ1v) is 8.73. The maximum absolute atomic E-state index is 5.89. The first-order chi connectivity index (χ1) is 12.8. The number of fused-ring (bicyclic) bond motifs is 1. The Bertz CT molecular complexity index is 900. The van der Waals surface area contributed by atoms with Gasteiger partial charge in [-0.25, -0.2) is 4.98 Å². The summed E-state index contributed by atoms with van der Waals surface area (Å²) in [5.41, 5.74) is 2.75. The lowest BCUT2D eigenvalue weighted by molar-refractivity contribution is 0.0670. The Morgan fingerprint density at radius 1 is 1.12 bits per heavy atom. The summed E-state index contributed by atoms with van der Waals surface area (Å²) in [4.78, 5) is 7.97. The lowest BCUT2D eigenvalue weighted by atomic mass is 10.2. The van der Waals surface area contributed by atoms with Crippen molar-refractivity contribution in [3.05, 3.63) is 36.4 Å². The third kappa shape index (κ3) is 3.32. The van der Waals surface area contributed by atoms with E-state index in [-0.39, 0.29) is 6.10 Å². The fourth-order valence-electron chi connectivity index (χ4n) is 3.15. The fraction of sp³-hybridized carbons (Fsp3) is 0.350. The number of hydrogen-bond acceptors (Lipinski definition) is 5. The Balaban J connectivity index is 1.58. The van der Waals surface area contributed by atoms with E-state index in [9.17, 15) is 0 Å². The molecule has 0 radical (unpaired) electrons. The van der Waals surface area contributed by atoms with Crippen molar-refractivity contribution in [1.29, 1.82) is 0 Å². The van der Waals surface area contributed by atoms with Crippen LogP contribution in [0.25, 0.3) is 22.4 Å². The van der Waals surface area contributed by atoms with E-state index in [1.807, 2.05) is 36.4 Å². The number of ether oxygens (including phenoxy) is 4. The molecule has 1 saturated heterocycles. The second kappa shape index (κ2) is 7.25. The summed E-state index contributed by atoms with van der Waals surface area (Å²) in [6.07, 6.45) is 2.31. The summed E-state index contributed by atoms with van der Waals surface area (Å²) in [5, 5.41) is 0. The molecule has 2 heterocycles. The van der Waals surface area contributed by atoms with Crippen molar-refractivity contribution >= 4 is 11.0 Å². The van der Waals surface area contributed by atoms with Crippen LogP contribution in [0.5, 0.6) is 17.2 Å². The molecule has 1 aliphatic rings. The largest absolute Gasteiger partial charge is 0.497 e.